The van der Waals surface area contributed by atoms with Crippen LogP contribution in [0.1, 0.15) is 18.3 Å². The van der Waals surface area contributed by atoms with Gasteiger partial charge < -0.3 is 15.3 Å². The average molecular weight is 394 g/mol. The quantitative estimate of drug-likeness (QED) is 0.587. The average Bonchev–Trinajstić information content (AvgIpc) is 2.57. The fraction of sp³-hybridized carbons (Fsp3) is 0.556. The third-order valence-electron chi connectivity index (χ3n) is 4.55. The zero-order chi connectivity index (χ0) is 20.7. The van der Waals surface area contributed by atoms with E-state index in [4.69, 9.17) is 0 Å². The Bertz CT molecular complexity index is 713. The SMILES string of the molecule is CC1CN(CC(=O)O)CCN(CC(=O)O)Cc2cccc(n2)CN1CC(=O)O. The van der Waals surface area contributed by atoms with Gasteiger partial charge in [0, 0.05) is 38.8 Å². The number of rotatable bonds is 6. The van der Waals surface area contributed by atoms with Gasteiger partial charge in [0.15, 0.2) is 0 Å². The molecule has 10 nitrogen and oxygen atoms in total. The molecule has 1 unspecified atom stereocenters. The van der Waals surface area contributed by atoms with Crippen LogP contribution < -0.4 is 0 Å². The molecule has 1 aliphatic heterocycles. The number of hydrogen-bond donors (Lipinski definition) is 3. The second kappa shape index (κ2) is 10.1. The highest BCUT2D eigenvalue weighted by Crippen LogP contribution is 2.12. The van der Waals surface area contributed by atoms with Gasteiger partial charge in [-0.1, -0.05) is 6.07 Å². The van der Waals surface area contributed by atoms with Gasteiger partial charge in [0.1, 0.15) is 0 Å². The van der Waals surface area contributed by atoms with Crippen LogP contribution in [0.2, 0.25) is 0 Å². The second-order valence-corrected chi connectivity index (χ2v) is 7.00. The Labute approximate surface area is 163 Å². The van der Waals surface area contributed by atoms with E-state index in [1.54, 1.807) is 26.8 Å². The van der Waals surface area contributed by atoms with E-state index in [2.05, 4.69) is 4.98 Å². The molecule has 1 aromatic heterocycles. The summed E-state index contributed by atoms with van der Waals surface area (Å²) in [7, 11) is 0. The maximum atomic E-state index is 11.3. The van der Waals surface area contributed by atoms with Gasteiger partial charge in [0.05, 0.1) is 31.0 Å². The number of carboxylic acids is 3. The number of fused-ring (bicyclic) bond motifs is 2. The molecule has 10 heteroatoms. The minimum absolute atomic E-state index is 0.173. The van der Waals surface area contributed by atoms with E-state index in [9.17, 15) is 29.7 Å². The summed E-state index contributed by atoms with van der Waals surface area (Å²) < 4.78 is 0. The molecule has 0 spiro atoms. The maximum absolute atomic E-state index is 11.3. The van der Waals surface area contributed by atoms with E-state index in [0.717, 1.165) is 0 Å². The molecule has 0 aromatic carbocycles. The van der Waals surface area contributed by atoms with E-state index in [1.807, 2.05) is 13.0 Å². The molecule has 0 saturated heterocycles. The Morgan fingerprint density at radius 3 is 2.07 bits per heavy atom. The number of aromatic nitrogens is 1. The van der Waals surface area contributed by atoms with Crippen molar-refractivity contribution in [3.05, 3.63) is 29.6 Å². The first-order chi connectivity index (χ1) is 13.2. The molecule has 1 atom stereocenters. The zero-order valence-corrected chi connectivity index (χ0v) is 15.8. The Kier molecular flexibility index (Phi) is 7.85. The Hall–Kier alpha value is -2.56. The van der Waals surface area contributed by atoms with Crippen LogP contribution in [0.25, 0.3) is 0 Å². The number of carboxylic acid groups (broad SMARTS) is 3. The molecule has 3 N–H and O–H groups in total. The molecule has 1 aliphatic rings. The lowest BCUT2D eigenvalue weighted by molar-refractivity contribution is -0.141. The van der Waals surface area contributed by atoms with Crippen LogP contribution in [0, 0.1) is 0 Å². The minimum Gasteiger partial charge on any atom is -0.480 e. The molecule has 0 saturated carbocycles. The monoisotopic (exact) mass is 394 g/mol. The first-order valence-electron chi connectivity index (χ1n) is 9.02. The highest BCUT2D eigenvalue weighted by molar-refractivity contribution is 5.70. The summed E-state index contributed by atoms with van der Waals surface area (Å²) in [6, 6.07) is 5.19. The molecule has 0 amide bonds. The van der Waals surface area contributed by atoms with Crippen LogP contribution in [-0.4, -0.2) is 98.2 Å². The molecule has 2 heterocycles. The number of nitrogens with zero attached hydrogens (tertiary/aromatic N) is 4. The lowest BCUT2D eigenvalue weighted by atomic mass is 10.2. The van der Waals surface area contributed by atoms with Gasteiger partial charge >= 0.3 is 17.9 Å². The third kappa shape index (κ3) is 7.22. The van der Waals surface area contributed by atoms with Crippen LogP contribution in [-0.2, 0) is 27.5 Å². The molecule has 0 aliphatic carbocycles. The Balaban J connectivity index is 2.31. The van der Waals surface area contributed by atoms with E-state index >= 15 is 0 Å². The van der Waals surface area contributed by atoms with Crippen molar-refractivity contribution in [2.24, 2.45) is 0 Å². The van der Waals surface area contributed by atoms with Gasteiger partial charge in [-0.2, -0.15) is 0 Å². The fourth-order valence-electron chi connectivity index (χ4n) is 3.29. The lowest BCUT2D eigenvalue weighted by Crippen LogP contribution is -2.48. The van der Waals surface area contributed by atoms with Crippen molar-refractivity contribution in [2.75, 3.05) is 39.3 Å². The molecular weight excluding hydrogens is 368 g/mol. The van der Waals surface area contributed by atoms with Crippen LogP contribution in [0.5, 0.6) is 0 Å². The van der Waals surface area contributed by atoms with Crippen LogP contribution in [0.4, 0.5) is 0 Å². The predicted octanol–water partition coefficient (Wildman–Crippen LogP) is -0.356. The molecule has 28 heavy (non-hydrogen) atoms. The zero-order valence-electron chi connectivity index (χ0n) is 15.8. The second-order valence-electron chi connectivity index (χ2n) is 7.00. The fourth-order valence-corrected chi connectivity index (χ4v) is 3.29. The van der Waals surface area contributed by atoms with Gasteiger partial charge in [-0.05, 0) is 19.1 Å². The summed E-state index contributed by atoms with van der Waals surface area (Å²) in [6.07, 6.45) is 0. The molecule has 2 rings (SSSR count). The molecule has 1 aromatic rings. The molecular formula is C18H26N4O6. The van der Waals surface area contributed by atoms with Crippen molar-refractivity contribution < 1.29 is 29.7 Å². The van der Waals surface area contributed by atoms with Gasteiger partial charge in [-0.25, -0.2) is 0 Å². The lowest BCUT2D eigenvalue weighted by Gasteiger charge is -2.33. The standard InChI is InChI=1S/C18H26N4O6/c1-13-7-20(10-16(23)24)5-6-21(11-17(25)26)8-14-3-2-4-15(19-14)9-22(13)12-18(27)28/h2-4,13H,5-12H2,1H3,(H,23,24)(H,25,26)(H,27,28). The number of hydrogen-bond acceptors (Lipinski definition) is 7. The summed E-state index contributed by atoms with van der Waals surface area (Å²) in [5, 5.41) is 27.6. The van der Waals surface area contributed by atoms with Gasteiger partial charge in [0.2, 0.25) is 0 Å². The minimum atomic E-state index is -0.985. The van der Waals surface area contributed by atoms with Crippen molar-refractivity contribution >= 4 is 17.9 Å². The van der Waals surface area contributed by atoms with Gasteiger partial charge in [-0.15, -0.1) is 0 Å². The predicted molar refractivity (Wildman–Crippen MR) is 98.7 cm³/mol. The topological polar surface area (TPSA) is 135 Å². The highest BCUT2D eigenvalue weighted by Gasteiger charge is 2.23. The number of pyridine rings is 1. The largest absolute Gasteiger partial charge is 0.480 e. The van der Waals surface area contributed by atoms with Crippen molar-refractivity contribution in [1.82, 2.24) is 19.7 Å². The van der Waals surface area contributed by atoms with Gasteiger partial charge in [0.25, 0.3) is 0 Å². The van der Waals surface area contributed by atoms with Crippen molar-refractivity contribution in [3.8, 4) is 0 Å². The summed E-state index contributed by atoms with van der Waals surface area (Å²) in [6.45, 7) is 2.98. The number of aliphatic carboxylic acids is 3. The van der Waals surface area contributed by atoms with E-state index in [1.165, 1.54) is 0 Å². The highest BCUT2D eigenvalue weighted by atomic mass is 16.4. The van der Waals surface area contributed by atoms with Crippen LogP contribution in [0.15, 0.2) is 18.2 Å². The number of carbonyl (C=O) groups is 3. The maximum Gasteiger partial charge on any atom is 0.317 e. The molecule has 2 bridgehead atoms. The summed E-state index contributed by atoms with van der Waals surface area (Å²) in [5.41, 5.74) is 1.37. The third-order valence-corrected chi connectivity index (χ3v) is 4.55. The Morgan fingerprint density at radius 1 is 0.929 bits per heavy atom. The summed E-state index contributed by atoms with van der Waals surface area (Å²) in [4.78, 5) is 43.4. The molecule has 0 radical (unpaired) electrons. The first kappa shape index (κ1) is 21.7. The van der Waals surface area contributed by atoms with Crippen LogP contribution >= 0.6 is 0 Å². The van der Waals surface area contributed by atoms with Crippen molar-refractivity contribution in [2.45, 2.75) is 26.1 Å². The first-order valence-corrected chi connectivity index (χ1v) is 9.02. The van der Waals surface area contributed by atoms with Crippen molar-refractivity contribution in [1.29, 1.82) is 0 Å². The van der Waals surface area contributed by atoms with Crippen LogP contribution in [0.3, 0.4) is 0 Å². The van der Waals surface area contributed by atoms with E-state index < -0.39 is 17.9 Å². The smallest absolute Gasteiger partial charge is 0.317 e. The normalized spacial score (nSPS) is 20.1. The molecule has 154 valence electrons. The Morgan fingerprint density at radius 2 is 1.46 bits per heavy atom. The van der Waals surface area contributed by atoms with Gasteiger partial charge in [-0.3, -0.25) is 34.1 Å². The van der Waals surface area contributed by atoms with E-state index in [-0.39, 0.29) is 25.7 Å². The van der Waals surface area contributed by atoms with E-state index in [0.29, 0.717) is 44.1 Å². The summed E-state index contributed by atoms with van der Waals surface area (Å²) >= 11 is 0. The molecule has 0 fully saturated rings. The summed E-state index contributed by atoms with van der Waals surface area (Å²) in [5.74, 6) is -2.91. The van der Waals surface area contributed by atoms with Crippen molar-refractivity contribution in [3.63, 3.8) is 0 Å².